The Morgan fingerprint density at radius 1 is 1.65 bits per heavy atom. The third-order valence-electron chi connectivity index (χ3n) is 2.03. The molecule has 0 fully saturated rings. The van der Waals surface area contributed by atoms with Crippen molar-refractivity contribution in [3.63, 3.8) is 0 Å². The number of aromatic nitrogens is 1. The highest BCUT2D eigenvalue weighted by Gasteiger charge is 2.16. The molecule has 1 aromatic carbocycles. The Hall–Kier alpha value is -2.08. The summed E-state index contributed by atoms with van der Waals surface area (Å²) in [5.41, 5.74) is 0.464. The predicted molar refractivity (Wildman–Crippen MR) is 64.1 cm³/mol. The molecule has 0 amide bonds. The first kappa shape index (κ1) is 11.4. The van der Waals surface area contributed by atoms with Gasteiger partial charge in [0, 0.05) is 11.1 Å². The standard InChI is InChI=1S/C10H8ClN3O3/c1-6(11)5-12-10-13-9-7(14(15)16)3-2-4-8(9)17-10/h2-4H,1,5H2,(H,12,13). The fourth-order valence-corrected chi connectivity index (χ4v) is 1.40. The van der Waals surface area contributed by atoms with Crippen LogP contribution in [-0.4, -0.2) is 16.5 Å². The molecule has 0 bridgehead atoms. The van der Waals surface area contributed by atoms with Crippen molar-refractivity contribution < 1.29 is 9.34 Å². The summed E-state index contributed by atoms with van der Waals surface area (Å²) in [6, 6.07) is 4.69. The summed E-state index contributed by atoms with van der Waals surface area (Å²) in [6.45, 7) is 3.78. The van der Waals surface area contributed by atoms with E-state index >= 15 is 0 Å². The summed E-state index contributed by atoms with van der Waals surface area (Å²) in [6.07, 6.45) is 0. The van der Waals surface area contributed by atoms with E-state index < -0.39 is 4.92 Å². The lowest BCUT2D eigenvalue weighted by atomic mass is 10.3. The molecule has 17 heavy (non-hydrogen) atoms. The van der Waals surface area contributed by atoms with Gasteiger partial charge in [-0.3, -0.25) is 10.1 Å². The molecule has 1 heterocycles. The quantitative estimate of drug-likeness (QED) is 0.669. The molecular formula is C10H8ClN3O3. The molecule has 1 aromatic heterocycles. The average Bonchev–Trinajstić information content (AvgIpc) is 2.68. The van der Waals surface area contributed by atoms with Crippen molar-refractivity contribution in [2.45, 2.75) is 0 Å². The highest BCUT2D eigenvalue weighted by Crippen LogP contribution is 2.27. The number of halogens is 1. The summed E-state index contributed by atoms with van der Waals surface area (Å²) in [7, 11) is 0. The second kappa shape index (κ2) is 4.42. The number of hydrogen-bond donors (Lipinski definition) is 1. The van der Waals surface area contributed by atoms with Gasteiger partial charge in [-0.05, 0) is 6.07 Å². The zero-order valence-corrected chi connectivity index (χ0v) is 9.40. The molecule has 0 atom stereocenters. The van der Waals surface area contributed by atoms with Gasteiger partial charge in [-0.2, -0.15) is 4.98 Å². The van der Waals surface area contributed by atoms with Gasteiger partial charge in [-0.15, -0.1) is 0 Å². The number of anilines is 1. The van der Waals surface area contributed by atoms with Crippen LogP contribution in [0.25, 0.3) is 11.1 Å². The maximum Gasteiger partial charge on any atom is 0.298 e. The maximum absolute atomic E-state index is 10.8. The van der Waals surface area contributed by atoms with Crippen LogP contribution in [0.3, 0.4) is 0 Å². The van der Waals surface area contributed by atoms with Crippen molar-refractivity contribution in [1.82, 2.24) is 4.98 Å². The Morgan fingerprint density at radius 2 is 2.41 bits per heavy atom. The summed E-state index contributed by atoms with van der Waals surface area (Å²) >= 11 is 5.57. The van der Waals surface area contributed by atoms with Crippen LogP contribution in [0.5, 0.6) is 0 Å². The minimum Gasteiger partial charge on any atom is -0.423 e. The lowest BCUT2D eigenvalue weighted by Gasteiger charge is -1.96. The van der Waals surface area contributed by atoms with Gasteiger partial charge in [0.25, 0.3) is 11.7 Å². The normalized spacial score (nSPS) is 10.4. The monoisotopic (exact) mass is 253 g/mol. The lowest BCUT2D eigenvalue weighted by molar-refractivity contribution is -0.383. The summed E-state index contributed by atoms with van der Waals surface area (Å²) in [5.74, 6) is 0. The number of para-hydroxylation sites is 1. The van der Waals surface area contributed by atoms with E-state index in [1.807, 2.05) is 0 Å². The first-order chi connectivity index (χ1) is 8.08. The molecule has 2 rings (SSSR count). The van der Waals surface area contributed by atoms with Gasteiger partial charge < -0.3 is 9.73 Å². The van der Waals surface area contributed by atoms with Gasteiger partial charge in [-0.1, -0.05) is 24.2 Å². The number of nitrogens with one attached hydrogen (secondary N) is 1. The van der Waals surface area contributed by atoms with Crippen LogP contribution in [0.2, 0.25) is 0 Å². The maximum atomic E-state index is 10.8. The summed E-state index contributed by atoms with van der Waals surface area (Å²) in [4.78, 5) is 14.2. The van der Waals surface area contributed by atoms with Crippen molar-refractivity contribution in [2.75, 3.05) is 11.9 Å². The molecule has 6 nitrogen and oxygen atoms in total. The van der Waals surface area contributed by atoms with E-state index in [0.717, 1.165) is 0 Å². The molecule has 0 unspecified atom stereocenters. The molecule has 0 spiro atoms. The second-order valence-corrected chi connectivity index (χ2v) is 3.81. The van der Waals surface area contributed by atoms with Crippen LogP contribution < -0.4 is 5.32 Å². The molecular weight excluding hydrogens is 246 g/mol. The minimum absolute atomic E-state index is 0.0935. The number of hydrogen-bond acceptors (Lipinski definition) is 5. The number of non-ortho nitro benzene ring substituents is 1. The number of fused-ring (bicyclic) bond motifs is 1. The Bertz CT molecular complexity index is 593. The number of nitrogens with zero attached hydrogens (tertiary/aromatic N) is 2. The van der Waals surface area contributed by atoms with Gasteiger partial charge >= 0.3 is 0 Å². The Balaban J connectivity index is 2.39. The second-order valence-electron chi connectivity index (χ2n) is 3.27. The fourth-order valence-electron chi connectivity index (χ4n) is 1.33. The van der Waals surface area contributed by atoms with Crippen LogP contribution in [-0.2, 0) is 0 Å². The largest absolute Gasteiger partial charge is 0.423 e. The van der Waals surface area contributed by atoms with Crippen LogP contribution in [0, 0.1) is 10.1 Å². The molecule has 0 aliphatic rings. The van der Waals surface area contributed by atoms with E-state index in [1.165, 1.54) is 12.1 Å². The number of oxazole rings is 1. The van der Waals surface area contributed by atoms with E-state index in [2.05, 4.69) is 16.9 Å². The van der Waals surface area contributed by atoms with Crippen molar-refractivity contribution in [2.24, 2.45) is 0 Å². The zero-order valence-electron chi connectivity index (χ0n) is 8.64. The number of nitro benzene ring substituents is 1. The molecule has 88 valence electrons. The molecule has 0 aliphatic carbocycles. The van der Waals surface area contributed by atoms with Crippen LogP contribution in [0.15, 0.2) is 34.2 Å². The first-order valence-corrected chi connectivity index (χ1v) is 5.07. The molecule has 7 heteroatoms. The smallest absolute Gasteiger partial charge is 0.298 e. The van der Waals surface area contributed by atoms with E-state index in [4.69, 9.17) is 16.0 Å². The van der Waals surface area contributed by atoms with Gasteiger partial charge in [0.1, 0.15) is 0 Å². The third kappa shape index (κ3) is 2.36. The summed E-state index contributed by atoms with van der Waals surface area (Å²) in [5, 5.41) is 13.9. The van der Waals surface area contributed by atoms with Crippen LogP contribution in [0.1, 0.15) is 0 Å². The van der Waals surface area contributed by atoms with Crippen molar-refractivity contribution in [3.8, 4) is 0 Å². The first-order valence-electron chi connectivity index (χ1n) is 4.69. The number of benzene rings is 1. The highest BCUT2D eigenvalue weighted by molar-refractivity contribution is 6.29. The Kier molecular flexibility index (Phi) is 2.97. The van der Waals surface area contributed by atoms with Crippen molar-refractivity contribution >= 4 is 34.4 Å². The van der Waals surface area contributed by atoms with Gasteiger partial charge in [0.2, 0.25) is 0 Å². The average molecular weight is 254 g/mol. The predicted octanol–water partition coefficient (Wildman–Crippen LogP) is 2.90. The Labute approximate surface area is 101 Å². The van der Waals surface area contributed by atoms with Gasteiger partial charge in [-0.25, -0.2) is 0 Å². The molecule has 1 N–H and O–H groups in total. The molecule has 0 aliphatic heterocycles. The minimum atomic E-state index is -0.505. The zero-order chi connectivity index (χ0) is 12.4. The van der Waals surface area contributed by atoms with Crippen molar-refractivity contribution in [1.29, 1.82) is 0 Å². The topological polar surface area (TPSA) is 81.2 Å². The molecule has 2 aromatic rings. The van der Waals surface area contributed by atoms with Gasteiger partial charge in [0.15, 0.2) is 11.1 Å². The number of nitro groups is 1. The summed E-state index contributed by atoms with van der Waals surface area (Å²) < 4.78 is 5.28. The highest BCUT2D eigenvalue weighted by atomic mass is 35.5. The van der Waals surface area contributed by atoms with Crippen molar-refractivity contribution in [3.05, 3.63) is 39.9 Å². The van der Waals surface area contributed by atoms with Gasteiger partial charge in [0.05, 0.1) is 11.5 Å². The fraction of sp³-hybridized carbons (Fsp3) is 0.100. The lowest BCUT2D eigenvalue weighted by Crippen LogP contribution is -2.00. The SMILES string of the molecule is C=C(Cl)CNc1nc2c([N+](=O)[O-])cccc2o1. The van der Waals surface area contributed by atoms with E-state index in [0.29, 0.717) is 10.6 Å². The van der Waals surface area contributed by atoms with Crippen LogP contribution in [0.4, 0.5) is 11.7 Å². The molecule has 0 saturated heterocycles. The Morgan fingerprint density at radius 3 is 3.06 bits per heavy atom. The van der Waals surface area contributed by atoms with Crippen LogP contribution >= 0.6 is 11.6 Å². The molecule has 0 radical (unpaired) electrons. The third-order valence-corrected chi connectivity index (χ3v) is 2.16. The van der Waals surface area contributed by atoms with E-state index in [1.54, 1.807) is 6.07 Å². The number of rotatable bonds is 4. The van der Waals surface area contributed by atoms with E-state index in [-0.39, 0.29) is 23.8 Å². The molecule has 0 saturated carbocycles. The van der Waals surface area contributed by atoms with E-state index in [9.17, 15) is 10.1 Å².